The lowest BCUT2D eigenvalue weighted by molar-refractivity contribution is 0.285. The second-order valence-corrected chi connectivity index (χ2v) is 5.31. The van der Waals surface area contributed by atoms with E-state index in [1.165, 1.54) is 31.4 Å². The van der Waals surface area contributed by atoms with Gasteiger partial charge in [0.25, 0.3) is 0 Å². The maximum atomic E-state index is 2.51. The zero-order valence-corrected chi connectivity index (χ0v) is 9.66. The lowest BCUT2D eigenvalue weighted by Gasteiger charge is -2.39. The number of fused-ring (bicyclic) bond motifs is 3. The number of nitrogens with zero attached hydrogens (tertiary/aromatic N) is 1. The van der Waals surface area contributed by atoms with Crippen LogP contribution in [0.4, 0.5) is 5.69 Å². The molecule has 2 aliphatic rings. The number of benzene rings is 1. The molecule has 1 aliphatic carbocycles. The van der Waals surface area contributed by atoms with Crippen molar-refractivity contribution in [3.8, 4) is 0 Å². The molecule has 0 aromatic heterocycles. The summed E-state index contributed by atoms with van der Waals surface area (Å²) >= 11 is 0. The standard InChI is InChI=1S/C14H19N/c1-14-10-6-5-9-13(14)15(2)12-8-4-3-7-11(12)14/h3-4,7-8,13H,5-6,9-10H2,1-2H3/t13?,14-/m0/s1. The summed E-state index contributed by atoms with van der Waals surface area (Å²) in [5.74, 6) is 0. The van der Waals surface area contributed by atoms with Crippen LogP contribution in [0.3, 0.4) is 0 Å². The second-order valence-electron chi connectivity index (χ2n) is 5.31. The van der Waals surface area contributed by atoms with E-state index in [0.29, 0.717) is 5.41 Å². The zero-order valence-electron chi connectivity index (χ0n) is 9.66. The van der Waals surface area contributed by atoms with Crippen molar-refractivity contribution < 1.29 is 0 Å². The highest BCUT2D eigenvalue weighted by Crippen LogP contribution is 2.50. The average Bonchev–Trinajstić information content (AvgIpc) is 2.50. The van der Waals surface area contributed by atoms with Crippen LogP contribution in [-0.2, 0) is 5.41 Å². The molecule has 0 amide bonds. The molecule has 1 aromatic rings. The Kier molecular flexibility index (Phi) is 1.86. The number of hydrogen-bond acceptors (Lipinski definition) is 1. The molecular weight excluding hydrogens is 182 g/mol. The molecule has 0 radical (unpaired) electrons. The summed E-state index contributed by atoms with van der Waals surface area (Å²) in [4.78, 5) is 2.51. The van der Waals surface area contributed by atoms with Gasteiger partial charge in [-0.15, -0.1) is 0 Å². The van der Waals surface area contributed by atoms with Crippen LogP contribution in [0.1, 0.15) is 38.2 Å². The Balaban J connectivity index is 2.15. The molecule has 0 saturated heterocycles. The van der Waals surface area contributed by atoms with Crippen molar-refractivity contribution >= 4 is 5.69 Å². The van der Waals surface area contributed by atoms with Gasteiger partial charge in [0, 0.05) is 24.2 Å². The fourth-order valence-corrected chi connectivity index (χ4v) is 3.68. The molecule has 0 bridgehead atoms. The number of rotatable bonds is 0. The van der Waals surface area contributed by atoms with Gasteiger partial charge in [0.2, 0.25) is 0 Å². The minimum absolute atomic E-state index is 0.420. The Morgan fingerprint density at radius 3 is 2.93 bits per heavy atom. The molecule has 1 saturated carbocycles. The van der Waals surface area contributed by atoms with E-state index in [-0.39, 0.29) is 0 Å². The van der Waals surface area contributed by atoms with Gasteiger partial charge < -0.3 is 4.90 Å². The Hall–Kier alpha value is -0.980. The maximum Gasteiger partial charge on any atom is 0.0405 e. The van der Waals surface area contributed by atoms with Crippen molar-refractivity contribution in [1.82, 2.24) is 0 Å². The summed E-state index contributed by atoms with van der Waals surface area (Å²) in [5, 5.41) is 0. The molecule has 80 valence electrons. The van der Waals surface area contributed by atoms with E-state index >= 15 is 0 Å². The van der Waals surface area contributed by atoms with Gasteiger partial charge in [0.05, 0.1) is 0 Å². The summed E-state index contributed by atoms with van der Waals surface area (Å²) in [5.41, 5.74) is 3.47. The first-order valence-corrected chi connectivity index (χ1v) is 6.06. The van der Waals surface area contributed by atoms with Crippen molar-refractivity contribution in [3.05, 3.63) is 29.8 Å². The highest BCUT2D eigenvalue weighted by molar-refractivity contribution is 5.63. The summed E-state index contributed by atoms with van der Waals surface area (Å²) in [7, 11) is 2.26. The van der Waals surface area contributed by atoms with Gasteiger partial charge in [0.15, 0.2) is 0 Å². The maximum absolute atomic E-state index is 2.51. The van der Waals surface area contributed by atoms with Gasteiger partial charge >= 0.3 is 0 Å². The largest absolute Gasteiger partial charge is 0.370 e. The predicted molar refractivity (Wildman–Crippen MR) is 64.5 cm³/mol. The lowest BCUT2D eigenvalue weighted by Crippen LogP contribution is -2.43. The Labute approximate surface area is 92.1 Å². The fraction of sp³-hybridized carbons (Fsp3) is 0.571. The molecule has 15 heavy (non-hydrogen) atoms. The Bertz CT molecular complexity index is 385. The van der Waals surface area contributed by atoms with Crippen LogP contribution in [0, 0.1) is 0 Å². The molecular formula is C14H19N. The fourth-order valence-electron chi connectivity index (χ4n) is 3.68. The summed E-state index contributed by atoms with van der Waals surface area (Å²) in [6.07, 6.45) is 5.52. The molecule has 1 unspecified atom stereocenters. The molecule has 0 N–H and O–H groups in total. The van der Waals surface area contributed by atoms with Crippen molar-refractivity contribution in [2.45, 2.75) is 44.1 Å². The van der Waals surface area contributed by atoms with Crippen LogP contribution < -0.4 is 4.90 Å². The number of likely N-dealkylation sites (N-methyl/N-ethyl adjacent to an activating group) is 1. The van der Waals surface area contributed by atoms with Gasteiger partial charge in [0.1, 0.15) is 0 Å². The van der Waals surface area contributed by atoms with E-state index in [1.54, 1.807) is 5.56 Å². The third kappa shape index (κ3) is 1.09. The Morgan fingerprint density at radius 1 is 1.27 bits per heavy atom. The van der Waals surface area contributed by atoms with Gasteiger partial charge in [-0.3, -0.25) is 0 Å². The minimum atomic E-state index is 0.420. The monoisotopic (exact) mass is 201 g/mol. The van der Waals surface area contributed by atoms with Crippen LogP contribution in [0.2, 0.25) is 0 Å². The molecule has 3 rings (SSSR count). The van der Waals surface area contributed by atoms with Gasteiger partial charge in [-0.2, -0.15) is 0 Å². The third-order valence-corrected chi connectivity index (χ3v) is 4.53. The first kappa shape index (κ1) is 9.26. The normalized spacial score (nSPS) is 33.7. The zero-order chi connectivity index (χ0) is 10.5. The quantitative estimate of drug-likeness (QED) is 0.622. The van der Waals surface area contributed by atoms with E-state index in [2.05, 4.69) is 43.1 Å². The van der Waals surface area contributed by atoms with Gasteiger partial charge in [-0.1, -0.05) is 38.0 Å². The molecule has 1 aliphatic heterocycles. The smallest absolute Gasteiger partial charge is 0.0405 e. The topological polar surface area (TPSA) is 3.24 Å². The van der Waals surface area contributed by atoms with Crippen LogP contribution in [0.25, 0.3) is 0 Å². The Morgan fingerprint density at radius 2 is 2.07 bits per heavy atom. The van der Waals surface area contributed by atoms with E-state index in [4.69, 9.17) is 0 Å². The molecule has 1 nitrogen and oxygen atoms in total. The van der Waals surface area contributed by atoms with Gasteiger partial charge in [-0.05, 0) is 24.5 Å². The van der Waals surface area contributed by atoms with E-state index in [1.807, 2.05) is 0 Å². The third-order valence-electron chi connectivity index (χ3n) is 4.53. The minimum Gasteiger partial charge on any atom is -0.370 e. The number of hydrogen-bond donors (Lipinski definition) is 0. The van der Waals surface area contributed by atoms with E-state index in [9.17, 15) is 0 Å². The molecule has 1 heterocycles. The van der Waals surface area contributed by atoms with Crippen LogP contribution >= 0.6 is 0 Å². The van der Waals surface area contributed by atoms with Crippen molar-refractivity contribution in [3.63, 3.8) is 0 Å². The van der Waals surface area contributed by atoms with Crippen LogP contribution in [0.5, 0.6) is 0 Å². The van der Waals surface area contributed by atoms with Crippen molar-refractivity contribution in [1.29, 1.82) is 0 Å². The van der Waals surface area contributed by atoms with Crippen LogP contribution in [0.15, 0.2) is 24.3 Å². The first-order valence-electron chi connectivity index (χ1n) is 6.06. The second kappa shape index (κ2) is 3.01. The highest BCUT2D eigenvalue weighted by atomic mass is 15.2. The lowest BCUT2D eigenvalue weighted by atomic mass is 9.69. The summed E-state index contributed by atoms with van der Waals surface area (Å²) in [6, 6.07) is 9.70. The SMILES string of the molecule is CN1c2ccccc2[C@]2(C)CCCCC12. The first-order chi connectivity index (χ1) is 7.23. The predicted octanol–water partition coefficient (Wildman–Crippen LogP) is 3.34. The highest BCUT2D eigenvalue weighted by Gasteiger charge is 2.46. The summed E-state index contributed by atoms with van der Waals surface area (Å²) in [6.45, 7) is 2.46. The van der Waals surface area contributed by atoms with Crippen LogP contribution in [-0.4, -0.2) is 13.1 Å². The summed E-state index contributed by atoms with van der Waals surface area (Å²) < 4.78 is 0. The molecule has 2 atom stereocenters. The van der Waals surface area contributed by atoms with Crippen molar-refractivity contribution in [2.24, 2.45) is 0 Å². The number of para-hydroxylation sites is 1. The van der Waals surface area contributed by atoms with Crippen molar-refractivity contribution in [2.75, 3.05) is 11.9 Å². The van der Waals surface area contributed by atoms with Gasteiger partial charge in [-0.25, -0.2) is 0 Å². The molecule has 1 aromatic carbocycles. The molecule has 1 fully saturated rings. The molecule has 1 heteroatoms. The molecule has 0 spiro atoms. The van der Waals surface area contributed by atoms with E-state index < -0.39 is 0 Å². The average molecular weight is 201 g/mol. The van der Waals surface area contributed by atoms with E-state index in [0.717, 1.165) is 6.04 Å². The number of anilines is 1.